The Morgan fingerprint density at radius 3 is 2.05 bits per heavy atom. The number of aromatic nitrogens is 2. The maximum absolute atomic E-state index is 14.1. The standard InChI is InChI=1S/C29H33N3O4S/c1-34-23-12-22(13-24(35-2)25(23)36-3)26(33)32(17-18-7-5-4-6-8-18)28-31-30-27(37-28)29-14-19-9-20(15-29)11-21(10-19)16-29/h4-8,12-13,19-21H,9-11,14-17H2,1-3H3. The lowest BCUT2D eigenvalue weighted by Crippen LogP contribution is -2.48. The van der Waals surface area contributed by atoms with Crippen molar-refractivity contribution in [1.82, 2.24) is 10.2 Å². The molecular weight excluding hydrogens is 486 g/mol. The van der Waals surface area contributed by atoms with E-state index in [-0.39, 0.29) is 11.3 Å². The molecule has 7 nitrogen and oxygen atoms in total. The van der Waals surface area contributed by atoms with Gasteiger partial charge in [0.1, 0.15) is 5.01 Å². The van der Waals surface area contributed by atoms with Crippen LogP contribution in [0.2, 0.25) is 0 Å². The van der Waals surface area contributed by atoms with E-state index in [1.165, 1.54) is 38.5 Å². The number of nitrogens with zero attached hydrogens (tertiary/aromatic N) is 3. The summed E-state index contributed by atoms with van der Waals surface area (Å²) >= 11 is 1.59. The lowest BCUT2D eigenvalue weighted by molar-refractivity contribution is -0.00555. The van der Waals surface area contributed by atoms with Crippen LogP contribution in [0.3, 0.4) is 0 Å². The molecule has 194 valence electrons. The smallest absolute Gasteiger partial charge is 0.260 e. The molecule has 0 unspecified atom stereocenters. The molecule has 7 rings (SSSR count). The molecule has 0 spiro atoms. The molecule has 3 aromatic rings. The van der Waals surface area contributed by atoms with Crippen molar-refractivity contribution in [2.24, 2.45) is 17.8 Å². The van der Waals surface area contributed by atoms with Crippen molar-refractivity contribution in [2.75, 3.05) is 26.2 Å². The summed E-state index contributed by atoms with van der Waals surface area (Å²) in [6.45, 7) is 0.395. The Morgan fingerprint density at radius 1 is 0.919 bits per heavy atom. The summed E-state index contributed by atoms with van der Waals surface area (Å²) < 4.78 is 16.5. The van der Waals surface area contributed by atoms with Crippen LogP contribution in [-0.2, 0) is 12.0 Å². The summed E-state index contributed by atoms with van der Waals surface area (Å²) in [4.78, 5) is 15.8. The third-order valence-electron chi connectivity index (χ3n) is 8.48. The van der Waals surface area contributed by atoms with Crippen LogP contribution in [0.1, 0.15) is 59.5 Å². The molecule has 1 amide bonds. The molecule has 0 saturated heterocycles. The van der Waals surface area contributed by atoms with Crippen LogP contribution in [0.15, 0.2) is 42.5 Å². The van der Waals surface area contributed by atoms with Gasteiger partial charge in [-0.1, -0.05) is 41.7 Å². The average molecular weight is 520 g/mol. The van der Waals surface area contributed by atoms with Crippen LogP contribution in [0.4, 0.5) is 5.13 Å². The van der Waals surface area contributed by atoms with E-state index >= 15 is 0 Å². The van der Waals surface area contributed by atoms with Gasteiger partial charge in [0.15, 0.2) is 11.5 Å². The minimum Gasteiger partial charge on any atom is -0.493 e. The fraction of sp³-hybridized carbons (Fsp3) is 0.483. The van der Waals surface area contributed by atoms with Crippen LogP contribution in [0, 0.1) is 17.8 Å². The molecule has 37 heavy (non-hydrogen) atoms. The first-order valence-corrected chi connectivity index (χ1v) is 13.8. The van der Waals surface area contributed by atoms with E-state index in [2.05, 4.69) is 5.10 Å². The number of carbonyl (C=O) groups excluding carboxylic acids is 1. The molecular formula is C29H33N3O4S. The Bertz CT molecular complexity index is 1230. The Kier molecular flexibility index (Phi) is 6.31. The van der Waals surface area contributed by atoms with Gasteiger partial charge in [-0.05, 0) is 74.0 Å². The molecule has 2 aromatic carbocycles. The molecule has 0 aliphatic heterocycles. The second kappa shape index (κ2) is 9.63. The van der Waals surface area contributed by atoms with Crippen molar-refractivity contribution in [3.05, 3.63) is 58.6 Å². The highest BCUT2D eigenvalue weighted by Crippen LogP contribution is 2.61. The molecule has 4 saturated carbocycles. The average Bonchev–Trinajstić information content (AvgIpc) is 3.41. The van der Waals surface area contributed by atoms with Gasteiger partial charge in [0.05, 0.1) is 27.9 Å². The highest BCUT2D eigenvalue weighted by Gasteiger charge is 2.53. The summed E-state index contributed by atoms with van der Waals surface area (Å²) in [7, 11) is 4.66. The van der Waals surface area contributed by atoms with Crippen molar-refractivity contribution in [3.8, 4) is 17.2 Å². The number of hydrogen-bond acceptors (Lipinski definition) is 7. The van der Waals surface area contributed by atoms with Gasteiger partial charge >= 0.3 is 0 Å². The topological polar surface area (TPSA) is 73.8 Å². The van der Waals surface area contributed by atoms with E-state index in [4.69, 9.17) is 19.3 Å². The number of methoxy groups -OCH3 is 3. The van der Waals surface area contributed by atoms with E-state index in [1.807, 2.05) is 30.3 Å². The number of hydrogen-bond donors (Lipinski definition) is 0. The molecule has 4 aliphatic carbocycles. The number of rotatable bonds is 8. The molecule has 4 aliphatic rings. The zero-order chi connectivity index (χ0) is 25.6. The zero-order valence-corrected chi connectivity index (χ0v) is 22.4. The first-order chi connectivity index (χ1) is 18.0. The predicted octanol–water partition coefficient (Wildman–Crippen LogP) is 5.88. The van der Waals surface area contributed by atoms with Crippen molar-refractivity contribution >= 4 is 22.4 Å². The number of amides is 1. The first-order valence-electron chi connectivity index (χ1n) is 13.0. The summed E-state index contributed by atoms with van der Waals surface area (Å²) in [5.41, 5.74) is 1.60. The van der Waals surface area contributed by atoms with Gasteiger partial charge in [-0.2, -0.15) is 0 Å². The predicted molar refractivity (Wildman–Crippen MR) is 143 cm³/mol. The summed E-state index contributed by atoms with van der Waals surface area (Å²) in [6, 6.07) is 13.4. The van der Waals surface area contributed by atoms with Gasteiger partial charge in [0.2, 0.25) is 10.9 Å². The summed E-state index contributed by atoms with van der Waals surface area (Å²) in [5.74, 6) is 3.61. The maximum Gasteiger partial charge on any atom is 0.260 e. The van der Waals surface area contributed by atoms with Gasteiger partial charge in [-0.3, -0.25) is 9.69 Å². The molecule has 8 heteroatoms. The number of benzene rings is 2. The van der Waals surface area contributed by atoms with Crippen molar-refractivity contribution in [3.63, 3.8) is 0 Å². The molecule has 4 fully saturated rings. The van der Waals surface area contributed by atoms with Crippen molar-refractivity contribution < 1.29 is 19.0 Å². The third kappa shape index (κ3) is 4.35. The van der Waals surface area contributed by atoms with Crippen LogP contribution >= 0.6 is 11.3 Å². The van der Waals surface area contributed by atoms with E-state index in [9.17, 15) is 4.79 Å². The van der Waals surface area contributed by atoms with Crippen LogP contribution < -0.4 is 19.1 Å². The molecule has 1 heterocycles. The molecule has 0 radical (unpaired) electrons. The van der Waals surface area contributed by atoms with Gasteiger partial charge < -0.3 is 14.2 Å². The van der Waals surface area contributed by atoms with E-state index in [0.717, 1.165) is 28.3 Å². The summed E-state index contributed by atoms with van der Waals surface area (Å²) in [5, 5.41) is 11.1. The Hall–Kier alpha value is -3.13. The highest BCUT2D eigenvalue weighted by molar-refractivity contribution is 7.15. The van der Waals surface area contributed by atoms with Gasteiger partial charge in [0, 0.05) is 11.0 Å². The number of anilines is 1. The van der Waals surface area contributed by atoms with E-state index in [1.54, 1.807) is 49.7 Å². The molecule has 4 bridgehead atoms. The second-order valence-corrected chi connectivity index (χ2v) is 11.8. The molecule has 1 aromatic heterocycles. The Morgan fingerprint density at radius 2 is 1.51 bits per heavy atom. The zero-order valence-electron chi connectivity index (χ0n) is 21.6. The highest BCUT2D eigenvalue weighted by atomic mass is 32.1. The lowest BCUT2D eigenvalue weighted by atomic mass is 9.50. The lowest BCUT2D eigenvalue weighted by Gasteiger charge is -2.55. The SMILES string of the molecule is COc1cc(C(=O)N(Cc2ccccc2)c2nnc(C34CC5CC(CC(C5)C3)C4)s2)cc(OC)c1OC. The minimum atomic E-state index is -0.184. The van der Waals surface area contributed by atoms with Crippen LogP contribution in [0.5, 0.6) is 17.2 Å². The number of ether oxygens (including phenoxy) is 3. The molecule has 0 atom stereocenters. The quantitative estimate of drug-likeness (QED) is 0.370. The first kappa shape index (κ1) is 24.2. The van der Waals surface area contributed by atoms with Crippen LogP contribution in [0.25, 0.3) is 0 Å². The monoisotopic (exact) mass is 519 g/mol. The minimum absolute atomic E-state index is 0.138. The maximum atomic E-state index is 14.1. The summed E-state index contributed by atoms with van der Waals surface area (Å²) in [6.07, 6.45) is 7.79. The third-order valence-corrected chi connectivity index (χ3v) is 9.67. The van der Waals surface area contributed by atoms with E-state index in [0.29, 0.717) is 34.5 Å². The fourth-order valence-electron chi connectivity index (χ4n) is 7.26. The van der Waals surface area contributed by atoms with Crippen molar-refractivity contribution in [2.45, 2.75) is 50.5 Å². The molecule has 0 N–H and O–H groups in total. The Balaban J connectivity index is 1.37. The van der Waals surface area contributed by atoms with Gasteiger partial charge in [0.25, 0.3) is 5.91 Å². The second-order valence-electron chi connectivity index (χ2n) is 10.9. The van der Waals surface area contributed by atoms with Crippen LogP contribution in [-0.4, -0.2) is 37.4 Å². The normalized spacial score (nSPS) is 25.6. The largest absolute Gasteiger partial charge is 0.493 e. The number of carbonyl (C=O) groups is 1. The van der Waals surface area contributed by atoms with Gasteiger partial charge in [-0.25, -0.2) is 0 Å². The van der Waals surface area contributed by atoms with E-state index < -0.39 is 0 Å². The van der Waals surface area contributed by atoms with Crippen molar-refractivity contribution in [1.29, 1.82) is 0 Å². The Labute approximate surface area is 221 Å². The van der Waals surface area contributed by atoms with Gasteiger partial charge in [-0.15, -0.1) is 10.2 Å². The fourth-order valence-corrected chi connectivity index (χ4v) is 8.32.